The Morgan fingerprint density at radius 3 is 2.78 bits per heavy atom. The van der Waals surface area contributed by atoms with Gasteiger partial charge in [-0.3, -0.25) is 4.79 Å². The van der Waals surface area contributed by atoms with Crippen LogP contribution in [-0.2, 0) is 10.5 Å². The standard InChI is InChI=1S/C16H17BrN2O3S/c1-11-15(17)7-14(22-11)8-18-19-16(20)10-23-9-12-3-5-13(21-2)6-4-12/h3-8H,9-10H2,1-2H3,(H,19,20)/b18-8-. The third kappa shape index (κ3) is 5.76. The van der Waals surface area contributed by atoms with Gasteiger partial charge in [0.05, 0.1) is 23.5 Å². The van der Waals surface area contributed by atoms with E-state index in [-0.39, 0.29) is 5.91 Å². The molecule has 7 heteroatoms. The molecule has 1 heterocycles. The average Bonchev–Trinajstić information content (AvgIpc) is 2.86. The molecule has 1 aromatic heterocycles. The number of benzene rings is 1. The molecule has 1 amide bonds. The predicted molar refractivity (Wildman–Crippen MR) is 96.0 cm³/mol. The second-order valence-electron chi connectivity index (χ2n) is 4.69. The first-order valence-corrected chi connectivity index (χ1v) is 8.82. The number of nitrogens with zero attached hydrogens (tertiary/aromatic N) is 1. The molecule has 0 aliphatic rings. The van der Waals surface area contributed by atoms with E-state index in [2.05, 4.69) is 26.5 Å². The van der Waals surface area contributed by atoms with Crippen molar-refractivity contribution in [2.75, 3.05) is 12.9 Å². The lowest BCUT2D eigenvalue weighted by atomic mass is 10.2. The zero-order valence-electron chi connectivity index (χ0n) is 12.8. The summed E-state index contributed by atoms with van der Waals surface area (Å²) in [6.45, 7) is 1.84. The van der Waals surface area contributed by atoms with E-state index in [9.17, 15) is 4.79 Å². The molecule has 0 spiro atoms. The molecule has 0 bridgehead atoms. The minimum atomic E-state index is -0.151. The highest BCUT2D eigenvalue weighted by atomic mass is 79.9. The molecule has 122 valence electrons. The van der Waals surface area contributed by atoms with Gasteiger partial charge in [-0.15, -0.1) is 11.8 Å². The molecule has 0 saturated carbocycles. The Labute approximate surface area is 147 Å². The van der Waals surface area contributed by atoms with Crippen molar-refractivity contribution in [2.45, 2.75) is 12.7 Å². The van der Waals surface area contributed by atoms with Gasteiger partial charge in [0.2, 0.25) is 5.91 Å². The van der Waals surface area contributed by atoms with Crippen molar-refractivity contribution < 1.29 is 13.9 Å². The van der Waals surface area contributed by atoms with Crippen molar-refractivity contribution in [2.24, 2.45) is 5.10 Å². The van der Waals surface area contributed by atoms with Crippen LogP contribution in [0.2, 0.25) is 0 Å². The molecule has 1 N–H and O–H groups in total. The van der Waals surface area contributed by atoms with Gasteiger partial charge in [0.1, 0.15) is 17.3 Å². The fourth-order valence-corrected chi connectivity index (χ4v) is 2.82. The Morgan fingerprint density at radius 2 is 2.17 bits per heavy atom. The SMILES string of the molecule is COc1ccc(CSCC(=O)N/N=C\c2cc(Br)c(C)o2)cc1. The van der Waals surface area contributed by atoms with Crippen molar-refractivity contribution in [1.82, 2.24) is 5.43 Å². The van der Waals surface area contributed by atoms with Crippen LogP contribution in [-0.4, -0.2) is 25.0 Å². The Kier molecular flexibility index (Phi) is 6.73. The summed E-state index contributed by atoms with van der Waals surface area (Å²) in [6.07, 6.45) is 1.48. The van der Waals surface area contributed by atoms with Crippen LogP contribution in [0.3, 0.4) is 0 Å². The zero-order valence-corrected chi connectivity index (χ0v) is 15.2. The lowest BCUT2D eigenvalue weighted by molar-refractivity contribution is -0.118. The summed E-state index contributed by atoms with van der Waals surface area (Å²) in [5, 5.41) is 3.88. The number of ether oxygens (including phenoxy) is 1. The molecule has 2 rings (SSSR count). The molecular weight excluding hydrogens is 380 g/mol. The van der Waals surface area contributed by atoms with Crippen molar-refractivity contribution in [3.8, 4) is 5.75 Å². The zero-order chi connectivity index (χ0) is 16.7. The molecule has 0 unspecified atom stereocenters. The summed E-state index contributed by atoms with van der Waals surface area (Å²) >= 11 is 4.87. The first-order valence-electron chi connectivity index (χ1n) is 6.87. The van der Waals surface area contributed by atoms with Crippen molar-refractivity contribution in [1.29, 1.82) is 0 Å². The van der Waals surface area contributed by atoms with Gasteiger partial charge in [-0.05, 0) is 40.5 Å². The second kappa shape index (κ2) is 8.79. The van der Waals surface area contributed by atoms with E-state index >= 15 is 0 Å². The largest absolute Gasteiger partial charge is 0.497 e. The summed E-state index contributed by atoms with van der Waals surface area (Å²) in [5.41, 5.74) is 3.62. The van der Waals surface area contributed by atoms with Crippen LogP contribution < -0.4 is 10.2 Å². The van der Waals surface area contributed by atoms with Crippen molar-refractivity contribution >= 4 is 39.8 Å². The molecule has 0 aliphatic heterocycles. The van der Waals surface area contributed by atoms with Crippen LogP contribution >= 0.6 is 27.7 Å². The number of hydrazone groups is 1. The van der Waals surface area contributed by atoms with Gasteiger partial charge < -0.3 is 9.15 Å². The topological polar surface area (TPSA) is 63.8 Å². The van der Waals surface area contributed by atoms with E-state index in [0.717, 1.165) is 27.3 Å². The lowest BCUT2D eigenvalue weighted by Gasteiger charge is -2.03. The van der Waals surface area contributed by atoms with Gasteiger partial charge in [-0.2, -0.15) is 5.10 Å². The van der Waals surface area contributed by atoms with Gasteiger partial charge in [-0.25, -0.2) is 5.43 Å². The van der Waals surface area contributed by atoms with Crippen LogP contribution in [0.1, 0.15) is 17.1 Å². The smallest absolute Gasteiger partial charge is 0.250 e. The summed E-state index contributed by atoms with van der Waals surface area (Å²) in [6, 6.07) is 9.58. The lowest BCUT2D eigenvalue weighted by Crippen LogP contribution is -2.19. The summed E-state index contributed by atoms with van der Waals surface area (Å²) in [4.78, 5) is 11.7. The molecule has 5 nitrogen and oxygen atoms in total. The number of hydrogen-bond acceptors (Lipinski definition) is 5. The third-order valence-corrected chi connectivity index (χ3v) is 4.71. The molecule has 0 atom stereocenters. The van der Waals surface area contributed by atoms with Gasteiger partial charge in [0, 0.05) is 11.8 Å². The van der Waals surface area contributed by atoms with E-state index in [1.165, 1.54) is 18.0 Å². The Balaban J connectivity index is 1.70. The van der Waals surface area contributed by atoms with Crippen LogP contribution in [0.4, 0.5) is 0 Å². The summed E-state index contributed by atoms with van der Waals surface area (Å²) < 4.78 is 11.4. The summed E-state index contributed by atoms with van der Waals surface area (Å²) in [7, 11) is 1.64. The van der Waals surface area contributed by atoms with Crippen LogP contribution in [0.15, 0.2) is 44.3 Å². The fraction of sp³-hybridized carbons (Fsp3) is 0.250. The van der Waals surface area contributed by atoms with E-state index in [0.29, 0.717) is 11.5 Å². The number of furan rings is 1. The number of rotatable bonds is 7. The number of nitrogens with one attached hydrogen (secondary N) is 1. The number of methoxy groups -OCH3 is 1. The maximum atomic E-state index is 11.7. The normalized spacial score (nSPS) is 10.9. The van der Waals surface area contributed by atoms with Crippen LogP contribution in [0.25, 0.3) is 0 Å². The highest BCUT2D eigenvalue weighted by Crippen LogP contribution is 2.19. The summed E-state index contributed by atoms with van der Waals surface area (Å²) in [5.74, 6) is 3.12. The van der Waals surface area contributed by atoms with E-state index in [4.69, 9.17) is 9.15 Å². The molecule has 0 saturated heterocycles. The molecule has 0 radical (unpaired) electrons. The van der Waals surface area contributed by atoms with Crippen LogP contribution in [0.5, 0.6) is 5.75 Å². The highest BCUT2D eigenvalue weighted by Gasteiger charge is 2.03. The van der Waals surface area contributed by atoms with Crippen molar-refractivity contribution in [3.05, 3.63) is 51.9 Å². The first kappa shape index (κ1) is 17.6. The number of carbonyl (C=O) groups excluding carboxylic acids is 1. The number of carbonyl (C=O) groups is 1. The molecule has 23 heavy (non-hydrogen) atoms. The minimum Gasteiger partial charge on any atom is -0.497 e. The van der Waals surface area contributed by atoms with Crippen LogP contribution in [0, 0.1) is 6.92 Å². The monoisotopic (exact) mass is 396 g/mol. The van der Waals surface area contributed by atoms with Gasteiger partial charge in [0.15, 0.2) is 0 Å². The first-order chi connectivity index (χ1) is 11.1. The fourth-order valence-electron chi connectivity index (χ4n) is 1.73. The molecule has 0 fully saturated rings. The minimum absolute atomic E-state index is 0.151. The Bertz CT molecular complexity index is 664. The quantitative estimate of drug-likeness (QED) is 0.571. The number of aryl methyl sites for hydroxylation is 1. The Morgan fingerprint density at radius 1 is 1.43 bits per heavy atom. The van der Waals surface area contributed by atoms with Crippen molar-refractivity contribution in [3.63, 3.8) is 0 Å². The third-order valence-electron chi connectivity index (χ3n) is 2.92. The average molecular weight is 397 g/mol. The van der Waals surface area contributed by atoms with Gasteiger partial charge in [0.25, 0.3) is 0 Å². The Hall–Kier alpha value is -1.73. The number of thioether (sulfide) groups is 1. The number of hydrogen-bond donors (Lipinski definition) is 1. The number of amides is 1. The van der Waals surface area contributed by atoms with E-state index < -0.39 is 0 Å². The predicted octanol–water partition coefficient (Wildman–Crippen LogP) is 3.74. The van der Waals surface area contributed by atoms with Gasteiger partial charge >= 0.3 is 0 Å². The molecular formula is C16H17BrN2O3S. The molecule has 2 aromatic rings. The maximum Gasteiger partial charge on any atom is 0.250 e. The molecule has 1 aromatic carbocycles. The van der Waals surface area contributed by atoms with E-state index in [1.54, 1.807) is 13.2 Å². The van der Waals surface area contributed by atoms with Gasteiger partial charge in [-0.1, -0.05) is 12.1 Å². The van der Waals surface area contributed by atoms with E-state index in [1.807, 2.05) is 31.2 Å². The highest BCUT2D eigenvalue weighted by molar-refractivity contribution is 9.10. The maximum absolute atomic E-state index is 11.7. The second-order valence-corrected chi connectivity index (χ2v) is 6.53. The molecule has 0 aliphatic carbocycles. The number of halogens is 1.